The Morgan fingerprint density at radius 1 is 1.02 bits per heavy atom. The zero-order valence-electron chi connectivity index (χ0n) is 25.9. The van der Waals surface area contributed by atoms with Crippen molar-refractivity contribution in [2.45, 2.75) is 25.7 Å². The van der Waals surface area contributed by atoms with E-state index in [9.17, 15) is 14.7 Å². The van der Waals surface area contributed by atoms with Crippen LogP contribution in [0.5, 0.6) is 11.5 Å². The summed E-state index contributed by atoms with van der Waals surface area (Å²) in [5.41, 5.74) is 5.87. The molecule has 11 heteroatoms. The summed E-state index contributed by atoms with van der Waals surface area (Å²) >= 11 is 7.90. The third-order valence-electron chi connectivity index (χ3n) is 9.38. The van der Waals surface area contributed by atoms with Gasteiger partial charge < -0.3 is 30.0 Å². The molecule has 0 saturated carbocycles. The first-order chi connectivity index (χ1) is 22.9. The van der Waals surface area contributed by atoms with E-state index in [-0.39, 0.29) is 23.5 Å². The van der Waals surface area contributed by atoms with Gasteiger partial charge >= 0.3 is 0 Å². The highest BCUT2D eigenvalue weighted by molar-refractivity contribution is 7.17. The molecule has 2 amide bonds. The molecule has 1 fully saturated rings. The summed E-state index contributed by atoms with van der Waals surface area (Å²) in [5.74, 6) is 0.809. The summed E-state index contributed by atoms with van der Waals surface area (Å²) in [6.45, 7) is 6.29. The Kier molecular flexibility index (Phi) is 7.58. The maximum absolute atomic E-state index is 13.9. The van der Waals surface area contributed by atoms with Gasteiger partial charge in [0.05, 0.1) is 10.4 Å². The number of benzene rings is 3. The van der Waals surface area contributed by atoms with Crippen LogP contribution in [0.3, 0.4) is 0 Å². The normalized spacial score (nSPS) is 16.5. The average molecular weight is 668 g/mol. The number of phenolic OH excluding ortho intramolecular Hbond substituents is 1. The van der Waals surface area contributed by atoms with Gasteiger partial charge in [0.15, 0.2) is 0 Å². The van der Waals surface area contributed by atoms with Crippen LogP contribution in [0.4, 0.5) is 11.4 Å². The van der Waals surface area contributed by atoms with Crippen molar-refractivity contribution in [3.05, 3.63) is 82.5 Å². The number of hydrogen-bond acceptors (Lipinski definition) is 6. The number of likely N-dealkylation sites (tertiary alicyclic amines) is 1. The summed E-state index contributed by atoms with van der Waals surface area (Å²) < 4.78 is 6.80. The number of carbonyl (C=O) groups excluding carboxylic acids is 2. The zero-order valence-corrected chi connectivity index (χ0v) is 27.4. The lowest BCUT2D eigenvalue weighted by Crippen LogP contribution is -2.30. The Balaban J connectivity index is 0.987. The number of amides is 2. The number of aromatic nitrogens is 2. The molecular weight excluding hydrogens is 634 g/mol. The number of nitrogens with one attached hydrogen (secondary N) is 3. The van der Waals surface area contributed by atoms with Crippen LogP contribution in [0, 0.1) is 6.92 Å². The number of fused-ring (bicyclic) bond motifs is 5. The lowest BCUT2D eigenvalue weighted by molar-refractivity contribution is 0.0982. The molecule has 2 aliphatic rings. The highest BCUT2D eigenvalue weighted by atomic mass is 35.5. The molecule has 240 valence electrons. The van der Waals surface area contributed by atoms with Crippen molar-refractivity contribution in [3.8, 4) is 11.5 Å². The third kappa shape index (κ3) is 5.40. The molecule has 1 unspecified atom stereocenters. The van der Waals surface area contributed by atoms with Crippen molar-refractivity contribution in [2.24, 2.45) is 0 Å². The van der Waals surface area contributed by atoms with Gasteiger partial charge in [-0.15, -0.1) is 22.9 Å². The highest BCUT2D eigenvalue weighted by Gasteiger charge is 2.36. The highest BCUT2D eigenvalue weighted by Crippen LogP contribution is 2.48. The van der Waals surface area contributed by atoms with Crippen LogP contribution < -0.4 is 15.0 Å². The van der Waals surface area contributed by atoms with E-state index in [1.54, 1.807) is 17.0 Å². The number of halogens is 1. The zero-order chi connectivity index (χ0) is 32.2. The summed E-state index contributed by atoms with van der Waals surface area (Å²) in [7, 11) is 0. The Hall–Kier alpha value is -4.51. The summed E-state index contributed by atoms with van der Waals surface area (Å²) in [5, 5.41) is 18.5. The molecule has 5 heterocycles. The van der Waals surface area contributed by atoms with Crippen molar-refractivity contribution in [1.82, 2.24) is 14.9 Å². The quantitative estimate of drug-likeness (QED) is 0.125. The van der Waals surface area contributed by atoms with Gasteiger partial charge in [0.2, 0.25) is 0 Å². The van der Waals surface area contributed by atoms with Crippen molar-refractivity contribution in [3.63, 3.8) is 0 Å². The molecule has 47 heavy (non-hydrogen) atoms. The molecule has 2 aliphatic heterocycles. The topological polar surface area (TPSA) is 114 Å². The van der Waals surface area contributed by atoms with Crippen molar-refractivity contribution >= 4 is 78.0 Å². The largest absolute Gasteiger partial charge is 0.506 e. The van der Waals surface area contributed by atoms with Gasteiger partial charge in [0, 0.05) is 63.8 Å². The minimum atomic E-state index is -0.264. The summed E-state index contributed by atoms with van der Waals surface area (Å²) in [6, 6.07) is 16.6. The SMILES string of the molecule is Cc1csc2c(O)cc3c(c12)C(CCl)CN3C(=O)c1cc2cc(NC(=O)c3cc4cc(OCCN5CCCC5)ccc4[nH]3)ccc2[nH]1. The monoisotopic (exact) mass is 667 g/mol. The first-order valence-electron chi connectivity index (χ1n) is 15.9. The van der Waals surface area contributed by atoms with Crippen molar-refractivity contribution in [2.75, 3.05) is 48.9 Å². The third-order valence-corrected chi connectivity index (χ3v) is 10.9. The molecule has 6 aromatic rings. The summed E-state index contributed by atoms with van der Waals surface area (Å²) in [4.78, 5) is 37.7. The number of nitrogens with zero attached hydrogens (tertiary/aromatic N) is 2. The number of carbonyl (C=O) groups is 2. The van der Waals surface area contributed by atoms with Gasteiger partial charge in [-0.1, -0.05) is 0 Å². The van der Waals surface area contributed by atoms with Crippen LogP contribution >= 0.6 is 22.9 Å². The Morgan fingerprint density at radius 3 is 2.57 bits per heavy atom. The fraction of sp³-hybridized carbons (Fsp3) is 0.278. The lowest BCUT2D eigenvalue weighted by Gasteiger charge is -2.17. The number of alkyl halides is 1. The van der Waals surface area contributed by atoms with Crippen LogP contribution in [0.2, 0.25) is 0 Å². The number of anilines is 2. The van der Waals surface area contributed by atoms with Crippen molar-refractivity contribution < 1.29 is 19.4 Å². The molecule has 1 atom stereocenters. The molecule has 3 aromatic heterocycles. The van der Waals surface area contributed by atoms with Gasteiger partial charge in [0.1, 0.15) is 29.5 Å². The number of aromatic hydroxyl groups is 1. The molecular formula is C36H34ClN5O4S. The fourth-order valence-electron chi connectivity index (χ4n) is 7.02. The van der Waals surface area contributed by atoms with E-state index in [4.69, 9.17) is 16.3 Å². The van der Waals surface area contributed by atoms with E-state index >= 15 is 0 Å². The van der Waals surface area contributed by atoms with Gasteiger partial charge in [-0.05, 0) is 97.9 Å². The lowest BCUT2D eigenvalue weighted by atomic mass is 9.97. The van der Waals surface area contributed by atoms with Gasteiger partial charge in [-0.2, -0.15) is 0 Å². The first-order valence-corrected chi connectivity index (χ1v) is 17.3. The number of ether oxygens (including phenoxy) is 1. The summed E-state index contributed by atoms with van der Waals surface area (Å²) in [6.07, 6.45) is 2.52. The molecule has 9 nitrogen and oxygen atoms in total. The molecule has 1 saturated heterocycles. The van der Waals surface area contributed by atoms with Crippen LogP contribution in [-0.4, -0.2) is 70.5 Å². The molecule has 0 bridgehead atoms. The van der Waals surface area contributed by atoms with Crippen LogP contribution in [-0.2, 0) is 0 Å². The van der Waals surface area contributed by atoms with E-state index < -0.39 is 0 Å². The smallest absolute Gasteiger partial charge is 0.274 e. The number of aryl methyl sites for hydroxylation is 1. The Morgan fingerprint density at radius 2 is 1.77 bits per heavy atom. The first kappa shape index (κ1) is 29.9. The van der Waals surface area contributed by atoms with E-state index in [0.717, 1.165) is 68.4 Å². The van der Waals surface area contributed by atoms with Crippen molar-refractivity contribution in [1.29, 1.82) is 0 Å². The number of rotatable bonds is 8. The second-order valence-electron chi connectivity index (χ2n) is 12.5. The fourth-order valence-corrected chi connectivity index (χ4v) is 8.26. The van der Waals surface area contributed by atoms with Crippen LogP contribution in [0.25, 0.3) is 31.9 Å². The van der Waals surface area contributed by atoms with E-state index in [2.05, 4.69) is 20.2 Å². The average Bonchev–Trinajstić information content (AvgIpc) is 3.90. The molecule has 0 aliphatic carbocycles. The molecule has 0 spiro atoms. The maximum atomic E-state index is 13.9. The molecule has 3 aromatic carbocycles. The van der Waals surface area contributed by atoms with Gasteiger partial charge in [-0.3, -0.25) is 14.5 Å². The standard InChI is InChI=1S/C36H34ClN5O4S/c1-20-19-47-34-31(43)16-30-33(32(20)34)23(17-37)18-42(30)36(45)29-15-21-12-24(4-6-26(21)40-29)38-35(44)28-14-22-13-25(5-7-27(22)39-28)46-11-10-41-8-2-3-9-41/h4-7,12-16,19,23,39-40,43H,2-3,8-11,17-18H2,1H3,(H,38,44). The second-order valence-corrected chi connectivity index (χ2v) is 13.7. The minimum absolute atomic E-state index is 0.0401. The number of hydrogen-bond donors (Lipinski definition) is 4. The predicted molar refractivity (Wildman–Crippen MR) is 189 cm³/mol. The Labute approximate surface area is 280 Å². The predicted octanol–water partition coefficient (Wildman–Crippen LogP) is 7.59. The van der Waals surface area contributed by atoms with E-state index in [1.807, 2.05) is 54.8 Å². The second kappa shape index (κ2) is 11.9. The van der Waals surface area contributed by atoms with Crippen LogP contribution in [0.15, 0.2) is 60.0 Å². The maximum Gasteiger partial charge on any atom is 0.274 e. The molecule has 4 N–H and O–H groups in total. The minimum Gasteiger partial charge on any atom is -0.506 e. The van der Waals surface area contributed by atoms with Gasteiger partial charge in [-0.25, -0.2) is 0 Å². The number of thiophene rings is 1. The number of H-pyrrole nitrogens is 2. The number of phenols is 1. The molecule has 8 rings (SSSR count). The van der Waals surface area contributed by atoms with E-state index in [1.165, 1.54) is 24.2 Å². The van der Waals surface area contributed by atoms with Gasteiger partial charge in [0.25, 0.3) is 11.8 Å². The van der Waals surface area contributed by atoms with Crippen LogP contribution in [0.1, 0.15) is 50.9 Å². The molecule has 0 radical (unpaired) electrons. The number of aromatic amines is 2. The Bertz CT molecular complexity index is 2180. The van der Waals surface area contributed by atoms with E-state index in [0.29, 0.717) is 41.8 Å².